The van der Waals surface area contributed by atoms with Crippen molar-refractivity contribution in [3.8, 4) is 39.9 Å². The summed E-state index contributed by atoms with van der Waals surface area (Å²) in [6, 6.07) is 26.4. The first-order chi connectivity index (χ1) is 22.0. The van der Waals surface area contributed by atoms with Gasteiger partial charge in [-0.15, -0.1) is 0 Å². The molecule has 0 aromatic heterocycles. The van der Waals surface area contributed by atoms with Crippen molar-refractivity contribution in [2.45, 2.75) is 46.0 Å². The normalized spacial score (nSPS) is 10.6. The van der Waals surface area contributed by atoms with Crippen molar-refractivity contribution in [3.63, 3.8) is 0 Å². The Labute approximate surface area is 265 Å². The lowest BCUT2D eigenvalue weighted by molar-refractivity contribution is 0.0722. The molecule has 0 saturated carbocycles. The van der Waals surface area contributed by atoms with E-state index in [0.29, 0.717) is 72.7 Å². The molecule has 0 heterocycles. The van der Waals surface area contributed by atoms with Gasteiger partial charge in [-0.3, -0.25) is 0 Å². The lowest BCUT2D eigenvalue weighted by Crippen LogP contribution is -2.13. The van der Waals surface area contributed by atoms with Crippen LogP contribution in [0.4, 0.5) is 0 Å². The number of ether oxygens (including phenoxy) is 5. The number of benzene rings is 4. The quantitative estimate of drug-likeness (QED) is 0.0730. The van der Waals surface area contributed by atoms with Gasteiger partial charge in [0.25, 0.3) is 0 Å². The number of esters is 2. The molecule has 0 spiro atoms. The van der Waals surface area contributed by atoms with E-state index < -0.39 is 11.9 Å². The smallest absolute Gasteiger partial charge is 0.347 e. The minimum Gasteiger partial charge on any atom is -0.494 e. The molecule has 0 saturated heterocycles. The van der Waals surface area contributed by atoms with Gasteiger partial charge >= 0.3 is 11.9 Å². The van der Waals surface area contributed by atoms with E-state index in [-0.39, 0.29) is 0 Å². The van der Waals surface area contributed by atoms with E-state index in [1.165, 1.54) is 0 Å². The van der Waals surface area contributed by atoms with Gasteiger partial charge in [0.1, 0.15) is 34.3 Å². The monoisotopic (exact) mass is 611 g/mol. The van der Waals surface area contributed by atoms with Gasteiger partial charge in [0.2, 0.25) is 0 Å². The predicted octanol–water partition coefficient (Wildman–Crippen LogP) is 7.88. The first-order valence-electron chi connectivity index (χ1n) is 15.5. The Balaban J connectivity index is 1.36. The highest BCUT2D eigenvalue weighted by Gasteiger charge is 2.17. The molecule has 8 nitrogen and oxygen atoms in total. The molecule has 0 aliphatic carbocycles. The van der Waals surface area contributed by atoms with Gasteiger partial charge in [-0.25, -0.2) is 9.59 Å². The summed E-state index contributed by atoms with van der Waals surface area (Å²) < 4.78 is 28.5. The number of hydrogen-bond acceptors (Lipinski definition) is 8. The molecule has 0 fully saturated rings. The third-order valence-corrected chi connectivity index (χ3v) is 6.82. The molecule has 0 unspecified atom stereocenters. The maximum atomic E-state index is 13.1. The Morgan fingerprint density at radius 3 is 1.71 bits per heavy atom. The Hall–Kier alpha value is -4.82. The van der Waals surface area contributed by atoms with Crippen molar-refractivity contribution in [3.05, 3.63) is 102 Å². The van der Waals surface area contributed by atoms with Gasteiger partial charge in [-0.2, -0.15) is 0 Å². The minimum atomic E-state index is -0.530. The molecule has 2 N–H and O–H groups in total. The van der Waals surface area contributed by atoms with Crippen molar-refractivity contribution in [2.75, 3.05) is 26.4 Å². The molecule has 0 aliphatic rings. The minimum absolute atomic E-state index is 0.308. The second-order valence-electron chi connectivity index (χ2n) is 10.4. The summed E-state index contributed by atoms with van der Waals surface area (Å²) in [6.07, 6.45) is 4.73. The first-order valence-corrected chi connectivity index (χ1v) is 15.5. The van der Waals surface area contributed by atoms with E-state index in [1.54, 1.807) is 66.7 Å². The maximum absolute atomic E-state index is 13.1. The zero-order valence-electron chi connectivity index (χ0n) is 26.0. The van der Waals surface area contributed by atoms with Crippen LogP contribution in [0.1, 0.15) is 66.7 Å². The van der Waals surface area contributed by atoms with Crippen LogP contribution in [-0.4, -0.2) is 38.3 Å². The van der Waals surface area contributed by atoms with E-state index >= 15 is 0 Å². The van der Waals surface area contributed by atoms with E-state index in [0.717, 1.165) is 36.8 Å². The second kappa shape index (κ2) is 17.5. The number of carbonyl (C=O) groups is 2. The lowest BCUT2D eigenvalue weighted by atomic mass is 10.1. The number of unbranched alkanes of at least 4 members (excludes halogenated alkanes) is 2. The highest BCUT2D eigenvalue weighted by molar-refractivity contribution is 5.94. The Morgan fingerprint density at radius 1 is 0.556 bits per heavy atom. The van der Waals surface area contributed by atoms with Gasteiger partial charge in [0.05, 0.1) is 25.4 Å². The summed E-state index contributed by atoms with van der Waals surface area (Å²) >= 11 is 0. The zero-order valence-corrected chi connectivity index (χ0v) is 26.0. The average Bonchev–Trinajstić information content (AvgIpc) is 3.07. The molecule has 4 aromatic rings. The second-order valence-corrected chi connectivity index (χ2v) is 10.4. The van der Waals surface area contributed by atoms with Crippen molar-refractivity contribution in [1.29, 1.82) is 0 Å². The summed E-state index contributed by atoms with van der Waals surface area (Å²) in [5.74, 6) is 1.61. The third-order valence-electron chi connectivity index (χ3n) is 6.82. The summed E-state index contributed by atoms with van der Waals surface area (Å²) in [7, 11) is 0. The van der Waals surface area contributed by atoms with Crippen molar-refractivity contribution in [2.24, 2.45) is 5.73 Å². The molecular weight excluding hydrogens is 570 g/mol. The van der Waals surface area contributed by atoms with Gasteiger partial charge in [0.15, 0.2) is 0 Å². The predicted molar refractivity (Wildman–Crippen MR) is 175 cm³/mol. The van der Waals surface area contributed by atoms with Crippen molar-refractivity contribution < 1.29 is 33.3 Å². The molecule has 0 radical (unpaired) electrons. The van der Waals surface area contributed by atoms with Crippen LogP contribution in [0.15, 0.2) is 91.0 Å². The summed E-state index contributed by atoms with van der Waals surface area (Å²) in [5, 5.41) is 0. The van der Waals surface area contributed by atoms with Crippen molar-refractivity contribution in [1.82, 2.24) is 0 Å². The summed E-state index contributed by atoms with van der Waals surface area (Å²) in [4.78, 5) is 25.7. The average molecular weight is 612 g/mol. The molecule has 0 bridgehead atoms. The summed E-state index contributed by atoms with van der Waals surface area (Å²) in [5.41, 5.74) is 8.18. The highest BCUT2D eigenvalue weighted by atomic mass is 16.5. The molecule has 8 heteroatoms. The van der Waals surface area contributed by atoms with Gasteiger partial charge in [0, 0.05) is 6.07 Å². The van der Waals surface area contributed by atoms with Crippen LogP contribution in [-0.2, 0) is 0 Å². The van der Waals surface area contributed by atoms with Crippen LogP contribution < -0.4 is 29.4 Å². The molecular formula is C37H41NO7. The number of carbonyl (C=O) groups excluding carboxylic acids is 2. The van der Waals surface area contributed by atoms with Gasteiger partial charge < -0.3 is 29.4 Å². The van der Waals surface area contributed by atoms with E-state index in [1.807, 2.05) is 31.2 Å². The standard InChI is InChI=1S/C37H41NO7/c1-3-5-6-24-42-33-20-21-34(35(26-33)43-25-7-22-38)37(40)45-32-18-10-28(11-19-32)27-8-16-31(17-9-27)44-36(39)29-12-14-30(15-13-29)41-23-4-2/h8-21,26H,3-7,22-25,38H2,1-2H3. The van der Waals surface area contributed by atoms with Crippen LogP contribution in [0.25, 0.3) is 11.1 Å². The van der Waals surface area contributed by atoms with E-state index in [2.05, 4.69) is 6.92 Å². The van der Waals surface area contributed by atoms with Crippen LogP contribution >= 0.6 is 0 Å². The van der Waals surface area contributed by atoms with Crippen LogP contribution in [0.5, 0.6) is 28.7 Å². The first kappa shape index (κ1) is 33.1. The molecule has 4 aromatic carbocycles. The highest BCUT2D eigenvalue weighted by Crippen LogP contribution is 2.29. The molecule has 0 amide bonds. The number of hydrogen-bond donors (Lipinski definition) is 1. The van der Waals surface area contributed by atoms with Gasteiger partial charge in [-0.05, 0) is 97.6 Å². The fourth-order valence-electron chi connectivity index (χ4n) is 4.35. The van der Waals surface area contributed by atoms with E-state index in [9.17, 15) is 9.59 Å². The largest absolute Gasteiger partial charge is 0.494 e. The lowest BCUT2D eigenvalue weighted by Gasteiger charge is -2.14. The Bertz CT molecular complexity index is 1500. The van der Waals surface area contributed by atoms with Crippen molar-refractivity contribution >= 4 is 11.9 Å². The fraction of sp³-hybridized carbons (Fsp3) is 0.297. The zero-order chi connectivity index (χ0) is 31.9. The summed E-state index contributed by atoms with van der Waals surface area (Å²) in [6.45, 7) is 6.27. The Morgan fingerprint density at radius 2 is 1.11 bits per heavy atom. The SMILES string of the molecule is CCCCCOc1ccc(C(=O)Oc2ccc(-c3ccc(OC(=O)c4ccc(OCCC)cc4)cc3)cc2)c(OCCCN)c1. The third kappa shape index (κ3) is 10.1. The van der Waals surface area contributed by atoms with Gasteiger partial charge in [-0.1, -0.05) is 51.0 Å². The van der Waals surface area contributed by atoms with Crippen LogP contribution in [0, 0.1) is 0 Å². The Kier molecular flexibility index (Phi) is 12.8. The topological polar surface area (TPSA) is 106 Å². The number of rotatable bonds is 17. The number of nitrogens with two attached hydrogens (primary N) is 1. The molecule has 0 aliphatic heterocycles. The fourth-order valence-corrected chi connectivity index (χ4v) is 4.35. The molecule has 4 rings (SSSR count). The molecule has 0 atom stereocenters. The molecule has 236 valence electrons. The van der Waals surface area contributed by atoms with Crippen LogP contribution in [0.2, 0.25) is 0 Å². The maximum Gasteiger partial charge on any atom is 0.347 e. The van der Waals surface area contributed by atoms with E-state index in [4.69, 9.17) is 29.4 Å². The van der Waals surface area contributed by atoms with Crippen LogP contribution in [0.3, 0.4) is 0 Å². The molecule has 45 heavy (non-hydrogen) atoms.